The molecule has 2 heterocycles. The lowest BCUT2D eigenvalue weighted by Gasteiger charge is -2.32. The van der Waals surface area contributed by atoms with E-state index in [4.69, 9.17) is 12.2 Å². The van der Waals surface area contributed by atoms with Crippen molar-refractivity contribution in [1.29, 1.82) is 0 Å². The third kappa shape index (κ3) is 3.27. The van der Waals surface area contributed by atoms with Crippen LogP contribution in [0.15, 0.2) is 42.2 Å². The summed E-state index contributed by atoms with van der Waals surface area (Å²) < 4.78 is 0. The molecule has 0 radical (unpaired) electrons. The molecule has 0 aliphatic carbocycles. The van der Waals surface area contributed by atoms with Crippen molar-refractivity contribution in [3.8, 4) is 0 Å². The van der Waals surface area contributed by atoms with Gasteiger partial charge in [0.05, 0.1) is 0 Å². The third-order valence-electron chi connectivity index (χ3n) is 3.82. The van der Waals surface area contributed by atoms with Gasteiger partial charge in [-0.25, -0.2) is 0 Å². The molecule has 1 aliphatic rings. The van der Waals surface area contributed by atoms with Crippen molar-refractivity contribution in [1.82, 2.24) is 15.6 Å². The summed E-state index contributed by atoms with van der Waals surface area (Å²) in [5.41, 5.74) is 3.82. The van der Waals surface area contributed by atoms with Crippen LogP contribution in [0.1, 0.15) is 25.8 Å². The van der Waals surface area contributed by atoms with Crippen molar-refractivity contribution in [2.45, 2.75) is 32.2 Å². The van der Waals surface area contributed by atoms with Crippen molar-refractivity contribution < 1.29 is 0 Å². The van der Waals surface area contributed by atoms with E-state index in [-0.39, 0.29) is 5.54 Å². The molecular weight excluding hydrogens is 278 g/mol. The molecule has 0 atom stereocenters. The number of aromatic amines is 1. The van der Waals surface area contributed by atoms with E-state index in [1.54, 1.807) is 0 Å². The first-order valence-corrected chi connectivity index (χ1v) is 7.76. The molecule has 0 unspecified atom stereocenters. The minimum Gasteiger partial charge on any atom is -0.388 e. The monoisotopic (exact) mass is 299 g/mol. The van der Waals surface area contributed by atoms with Gasteiger partial charge in [0.1, 0.15) is 4.99 Å². The fraction of sp³-hybridized carbons (Fsp3) is 0.353. The Kier molecular flexibility index (Phi) is 3.72. The van der Waals surface area contributed by atoms with Crippen LogP contribution in [0.2, 0.25) is 0 Å². The Labute approximate surface area is 130 Å². The molecule has 1 aliphatic heterocycles. The molecule has 21 heavy (non-hydrogen) atoms. The van der Waals surface area contributed by atoms with Gasteiger partial charge in [-0.15, -0.1) is 0 Å². The molecule has 2 aromatic rings. The number of para-hydroxylation sites is 1. The zero-order valence-corrected chi connectivity index (χ0v) is 13.3. The van der Waals surface area contributed by atoms with Crippen LogP contribution in [0.3, 0.4) is 0 Å². The van der Waals surface area contributed by atoms with Gasteiger partial charge in [-0.05, 0) is 38.0 Å². The summed E-state index contributed by atoms with van der Waals surface area (Å²) in [7, 11) is 0. The maximum Gasteiger partial charge on any atom is 0.101 e. The van der Waals surface area contributed by atoms with E-state index in [9.17, 15) is 0 Å². The van der Waals surface area contributed by atoms with E-state index < -0.39 is 0 Å². The van der Waals surface area contributed by atoms with Crippen molar-refractivity contribution >= 4 is 28.1 Å². The van der Waals surface area contributed by atoms with Crippen LogP contribution in [0.25, 0.3) is 10.9 Å². The second-order valence-electron chi connectivity index (χ2n) is 6.26. The molecule has 0 fully saturated rings. The highest BCUT2D eigenvalue weighted by atomic mass is 32.1. The van der Waals surface area contributed by atoms with E-state index in [0.717, 1.165) is 24.4 Å². The zero-order chi connectivity index (χ0) is 14.9. The van der Waals surface area contributed by atoms with Crippen LogP contribution < -0.4 is 10.6 Å². The minimum absolute atomic E-state index is 0.0367. The highest BCUT2D eigenvalue weighted by Crippen LogP contribution is 2.20. The van der Waals surface area contributed by atoms with E-state index in [0.29, 0.717) is 0 Å². The normalized spacial score (nSPS) is 17.4. The largest absolute Gasteiger partial charge is 0.388 e. The van der Waals surface area contributed by atoms with Gasteiger partial charge in [0, 0.05) is 41.3 Å². The van der Waals surface area contributed by atoms with E-state index >= 15 is 0 Å². The lowest BCUT2D eigenvalue weighted by Crippen LogP contribution is -2.47. The van der Waals surface area contributed by atoms with Crippen molar-refractivity contribution in [3.63, 3.8) is 0 Å². The molecule has 3 nitrogen and oxygen atoms in total. The fourth-order valence-corrected chi connectivity index (χ4v) is 3.33. The molecule has 3 N–H and O–H groups in total. The molecule has 110 valence electrons. The van der Waals surface area contributed by atoms with E-state index in [2.05, 4.69) is 59.9 Å². The van der Waals surface area contributed by atoms with Crippen LogP contribution in [0.4, 0.5) is 0 Å². The number of rotatable bonds is 4. The van der Waals surface area contributed by atoms with Crippen molar-refractivity contribution in [2.24, 2.45) is 0 Å². The number of hydrogen-bond donors (Lipinski definition) is 3. The van der Waals surface area contributed by atoms with Gasteiger partial charge in [0.25, 0.3) is 0 Å². The van der Waals surface area contributed by atoms with Crippen LogP contribution in [-0.2, 0) is 6.42 Å². The van der Waals surface area contributed by atoms with Crippen LogP contribution in [0.5, 0.6) is 0 Å². The second kappa shape index (κ2) is 5.53. The van der Waals surface area contributed by atoms with Crippen molar-refractivity contribution in [3.05, 3.63) is 47.8 Å². The SMILES string of the molecule is CC1(C)CC(NCCc2c[nH]c3ccccc23)=CC(=S)N1. The molecule has 1 aromatic carbocycles. The van der Waals surface area contributed by atoms with Gasteiger partial charge in [-0.2, -0.15) is 0 Å². The highest BCUT2D eigenvalue weighted by Gasteiger charge is 2.24. The molecule has 0 amide bonds. The second-order valence-corrected chi connectivity index (χ2v) is 6.70. The summed E-state index contributed by atoms with van der Waals surface area (Å²) in [6, 6.07) is 8.43. The quantitative estimate of drug-likeness (QED) is 0.759. The summed E-state index contributed by atoms with van der Waals surface area (Å²) in [4.78, 5) is 4.14. The Morgan fingerprint density at radius 3 is 2.90 bits per heavy atom. The number of fused-ring (bicyclic) bond motifs is 1. The smallest absolute Gasteiger partial charge is 0.101 e. The first-order chi connectivity index (χ1) is 10.0. The Bertz CT molecular complexity index is 697. The van der Waals surface area contributed by atoms with Crippen LogP contribution >= 0.6 is 12.2 Å². The molecule has 3 rings (SSSR count). The minimum atomic E-state index is 0.0367. The number of nitrogens with one attached hydrogen (secondary N) is 3. The first kappa shape index (κ1) is 14.1. The van der Waals surface area contributed by atoms with Crippen LogP contribution in [0, 0.1) is 0 Å². The molecule has 0 bridgehead atoms. The number of aromatic nitrogens is 1. The maximum absolute atomic E-state index is 5.29. The van der Waals surface area contributed by atoms with Gasteiger partial charge in [0.15, 0.2) is 0 Å². The standard InChI is InChI=1S/C17H21N3S/c1-17(2)10-13(9-16(21)20-17)18-8-7-12-11-19-15-6-4-3-5-14(12)15/h3-6,9,11,18-19H,7-8,10H2,1-2H3,(H,20,21). The van der Waals surface area contributed by atoms with Gasteiger partial charge in [-0.1, -0.05) is 30.4 Å². The molecule has 0 spiro atoms. The Balaban J connectivity index is 1.63. The average molecular weight is 299 g/mol. The summed E-state index contributed by atoms with van der Waals surface area (Å²) in [5, 5.41) is 8.17. The van der Waals surface area contributed by atoms with Gasteiger partial charge in [0.2, 0.25) is 0 Å². The number of hydrogen-bond acceptors (Lipinski definition) is 2. The lowest BCUT2D eigenvalue weighted by atomic mass is 9.95. The Hall–Kier alpha value is -1.81. The summed E-state index contributed by atoms with van der Waals surface area (Å²) >= 11 is 5.29. The van der Waals surface area contributed by atoms with Gasteiger partial charge < -0.3 is 15.6 Å². The number of thiocarbonyl (C=S) groups is 1. The van der Waals surface area contributed by atoms with E-state index in [1.807, 2.05) is 6.08 Å². The Morgan fingerprint density at radius 1 is 1.29 bits per heavy atom. The van der Waals surface area contributed by atoms with Crippen molar-refractivity contribution in [2.75, 3.05) is 6.54 Å². The van der Waals surface area contributed by atoms with Gasteiger partial charge in [-0.3, -0.25) is 0 Å². The third-order valence-corrected chi connectivity index (χ3v) is 4.04. The summed E-state index contributed by atoms with van der Waals surface area (Å²) in [6.07, 6.45) is 6.12. The van der Waals surface area contributed by atoms with Gasteiger partial charge >= 0.3 is 0 Å². The first-order valence-electron chi connectivity index (χ1n) is 7.35. The molecule has 0 saturated heterocycles. The predicted octanol–water partition coefficient (Wildman–Crippen LogP) is 3.28. The molecule has 0 saturated carbocycles. The lowest BCUT2D eigenvalue weighted by molar-refractivity contribution is 0.438. The average Bonchev–Trinajstić information content (AvgIpc) is 2.80. The topological polar surface area (TPSA) is 39.9 Å². The molecule has 4 heteroatoms. The number of benzene rings is 1. The number of H-pyrrole nitrogens is 1. The highest BCUT2D eigenvalue weighted by molar-refractivity contribution is 7.80. The fourth-order valence-electron chi connectivity index (χ4n) is 2.91. The Morgan fingerprint density at radius 2 is 2.10 bits per heavy atom. The summed E-state index contributed by atoms with van der Waals surface area (Å²) in [5.74, 6) is 0. The summed E-state index contributed by atoms with van der Waals surface area (Å²) in [6.45, 7) is 5.27. The molecular formula is C17H21N3S. The molecule has 1 aromatic heterocycles. The predicted molar refractivity (Wildman–Crippen MR) is 92.5 cm³/mol. The maximum atomic E-state index is 5.29. The van der Waals surface area contributed by atoms with Crippen LogP contribution in [-0.4, -0.2) is 22.1 Å². The zero-order valence-electron chi connectivity index (χ0n) is 12.5. The van der Waals surface area contributed by atoms with E-state index in [1.165, 1.54) is 22.2 Å².